The third-order valence-electron chi connectivity index (χ3n) is 5.36. The molecule has 142 valence electrons. The Hall–Kier alpha value is -3.19. The highest BCUT2D eigenvalue weighted by Gasteiger charge is 2.40. The lowest BCUT2D eigenvalue weighted by atomic mass is 9.96. The largest absolute Gasteiger partial charge is 0.491 e. The summed E-state index contributed by atoms with van der Waals surface area (Å²) in [7, 11) is 1.75. The molecule has 7 heteroatoms. The molecule has 7 nitrogen and oxygen atoms in total. The number of fused-ring (bicyclic) bond motifs is 3. The maximum atomic E-state index is 12.7. The van der Waals surface area contributed by atoms with Gasteiger partial charge < -0.3 is 14.4 Å². The zero-order valence-corrected chi connectivity index (χ0v) is 15.5. The van der Waals surface area contributed by atoms with E-state index < -0.39 is 0 Å². The Kier molecular flexibility index (Phi) is 4.09. The molecule has 3 aromatic rings. The molecule has 0 saturated carbocycles. The number of benzene rings is 1. The molecule has 0 bridgehead atoms. The van der Waals surface area contributed by atoms with Gasteiger partial charge in [-0.2, -0.15) is 0 Å². The molecule has 28 heavy (non-hydrogen) atoms. The molecule has 5 rings (SSSR count). The minimum absolute atomic E-state index is 0.0468. The molecule has 0 amide bonds. The minimum atomic E-state index is -0.111. The van der Waals surface area contributed by atoms with Crippen molar-refractivity contribution in [1.29, 1.82) is 0 Å². The summed E-state index contributed by atoms with van der Waals surface area (Å²) in [5, 5.41) is 0. The quantitative estimate of drug-likeness (QED) is 0.683. The van der Waals surface area contributed by atoms with E-state index in [1.807, 2.05) is 36.4 Å². The van der Waals surface area contributed by atoms with E-state index in [2.05, 4.69) is 9.88 Å². The van der Waals surface area contributed by atoms with Crippen molar-refractivity contribution in [2.45, 2.75) is 12.1 Å². The summed E-state index contributed by atoms with van der Waals surface area (Å²) in [6, 6.07) is 13.2. The van der Waals surface area contributed by atoms with E-state index in [-0.39, 0.29) is 17.7 Å². The molecular formula is C21H20N4O3. The second-order valence-electron chi connectivity index (χ2n) is 6.98. The van der Waals surface area contributed by atoms with Gasteiger partial charge in [-0.25, -0.2) is 4.98 Å². The molecule has 0 radical (unpaired) electrons. The van der Waals surface area contributed by atoms with Gasteiger partial charge in [0.1, 0.15) is 18.5 Å². The number of morpholine rings is 1. The Morgan fingerprint density at radius 3 is 2.82 bits per heavy atom. The van der Waals surface area contributed by atoms with Crippen molar-refractivity contribution in [3.8, 4) is 17.0 Å². The maximum absolute atomic E-state index is 12.7. The van der Waals surface area contributed by atoms with Gasteiger partial charge in [0.15, 0.2) is 0 Å². The van der Waals surface area contributed by atoms with Crippen molar-refractivity contribution in [2.75, 3.05) is 24.7 Å². The van der Waals surface area contributed by atoms with Crippen LogP contribution in [0.3, 0.4) is 0 Å². The normalized spacial score (nSPS) is 20.8. The van der Waals surface area contributed by atoms with E-state index in [0.29, 0.717) is 31.4 Å². The van der Waals surface area contributed by atoms with Gasteiger partial charge in [0.25, 0.3) is 5.56 Å². The highest BCUT2D eigenvalue weighted by molar-refractivity contribution is 5.60. The highest BCUT2D eigenvalue weighted by atomic mass is 16.5. The van der Waals surface area contributed by atoms with E-state index in [9.17, 15) is 4.79 Å². The van der Waals surface area contributed by atoms with Crippen LogP contribution in [-0.4, -0.2) is 40.3 Å². The Morgan fingerprint density at radius 1 is 1.14 bits per heavy atom. The molecule has 1 aromatic carbocycles. The number of ether oxygens (including phenoxy) is 2. The van der Waals surface area contributed by atoms with Gasteiger partial charge in [-0.05, 0) is 18.2 Å². The Balaban J connectivity index is 1.58. The molecule has 2 aliphatic heterocycles. The zero-order valence-electron chi connectivity index (χ0n) is 15.5. The van der Waals surface area contributed by atoms with Crippen LogP contribution < -0.4 is 15.2 Å². The first kappa shape index (κ1) is 16.9. The van der Waals surface area contributed by atoms with Crippen LogP contribution in [0, 0.1) is 0 Å². The van der Waals surface area contributed by atoms with E-state index in [1.54, 1.807) is 30.1 Å². The standard InChI is InChI=1S/C21H20N4O3/c1-24-19(26)12-16(14-6-8-22-9-7-14)23-21(24)25-10-11-27-20-15-4-2-3-5-18(15)28-13-17(20)25/h2-9,12,17,20H,10-11,13H2,1H3/t17-,20+/m1/s1. The van der Waals surface area contributed by atoms with Gasteiger partial charge in [-0.1, -0.05) is 18.2 Å². The van der Waals surface area contributed by atoms with Crippen LogP contribution in [0.25, 0.3) is 11.3 Å². The number of para-hydroxylation sites is 1. The Labute approximate surface area is 162 Å². The van der Waals surface area contributed by atoms with Crippen molar-refractivity contribution in [2.24, 2.45) is 7.05 Å². The third-order valence-corrected chi connectivity index (χ3v) is 5.36. The summed E-state index contributed by atoms with van der Waals surface area (Å²) in [5.74, 6) is 1.48. The molecule has 0 N–H and O–H groups in total. The SMILES string of the molecule is Cn1c(N2CCO[C@H]3c4ccccc4OC[C@H]32)nc(-c2ccncc2)cc1=O. The van der Waals surface area contributed by atoms with Crippen LogP contribution >= 0.6 is 0 Å². The van der Waals surface area contributed by atoms with Crippen LogP contribution in [0.4, 0.5) is 5.95 Å². The number of anilines is 1. The predicted octanol–water partition coefficient (Wildman–Crippen LogP) is 2.18. The summed E-state index contributed by atoms with van der Waals surface area (Å²) >= 11 is 0. The third kappa shape index (κ3) is 2.75. The topological polar surface area (TPSA) is 69.5 Å². The zero-order chi connectivity index (χ0) is 19.1. The van der Waals surface area contributed by atoms with Crippen molar-refractivity contribution in [1.82, 2.24) is 14.5 Å². The van der Waals surface area contributed by atoms with E-state index in [4.69, 9.17) is 14.5 Å². The van der Waals surface area contributed by atoms with Crippen LogP contribution in [0.5, 0.6) is 5.75 Å². The van der Waals surface area contributed by atoms with Crippen LogP contribution in [0.1, 0.15) is 11.7 Å². The summed E-state index contributed by atoms with van der Waals surface area (Å²) in [6.45, 7) is 1.69. The first-order valence-corrected chi connectivity index (χ1v) is 9.31. The molecule has 1 saturated heterocycles. The first-order chi connectivity index (χ1) is 13.7. The van der Waals surface area contributed by atoms with Crippen molar-refractivity contribution in [3.05, 3.63) is 70.8 Å². The number of pyridine rings is 1. The second kappa shape index (κ2) is 6.76. The molecule has 1 fully saturated rings. The molecule has 0 unspecified atom stereocenters. The Morgan fingerprint density at radius 2 is 1.96 bits per heavy atom. The average molecular weight is 376 g/mol. The van der Waals surface area contributed by atoms with Gasteiger partial charge in [-0.3, -0.25) is 14.3 Å². The lowest BCUT2D eigenvalue weighted by Crippen LogP contribution is -2.53. The average Bonchev–Trinajstić information content (AvgIpc) is 2.75. The summed E-state index contributed by atoms with van der Waals surface area (Å²) in [5.41, 5.74) is 2.44. The molecule has 0 spiro atoms. The number of rotatable bonds is 2. The number of nitrogens with zero attached hydrogens (tertiary/aromatic N) is 4. The van der Waals surface area contributed by atoms with Gasteiger partial charge in [0.05, 0.1) is 18.3 Å². The lowest BCUT2D eigenvalue weighted by molar-refractivity contribution is -0.0164. The molecule has 0 aliphatic carbocycles. The smallest absolute Gasteiger partial charge is 0.255 e. The number of aromatic nitrogens is 3. The minimum Gasteiger partial charge on any atom is -0.491 e. The predicted molar refractivity (Wildman–Crippen MR) is 104 cm³/mol. The molecule has 2 atom stereocenters. The monoisotopic (exact) mass is 376 g/mol. The van der Waals surface area contributed by atoms with Gasteiger partial charge in [0, 0.05) is 43.2 Å². The fourth-order valence-corrected chi connectivity index (χ4v) is 3.92. The van der Waals surface area contributed by atoms with Crippen LogP contribution in [0.15, 0.2) is 59.7 Å². The Bertz CT molecular complexity index is 1070. The van der Waals surface area contributed by atoms with Crippen molar-refractivity contribution in [3.63, 3.8) is 0 Å². The second-order valence-corrected chi connectivity index (χ2v) is 6.98. The first-order valence-electron chi connectivity index (χ1n) is 9.31. The van der Waals surface area contributed by atoms with Crippen LogP contribution in [-0.2, 0) is 11.8 Å². The van der Waals surface area contributed by atoms with Gasteiger partial charge >= 0.3 is 0 Å². The summed E-state index contributed by atoms with van der Waals surface area (Å²) in [6.07, 6.45) is 3.29. The van der Waals surface area contributed by atoms with Gasteiger partial charge in [-0.15, -0.1) is 0 Å². The van der Waals surface area contributed by atoms with Crippen molar-refractivity contribution >= 4 is 5.95 Å². The van der Waals surface area contributed by atoms with Crippen molar-refractivity contribution < 1.29 is 9.47 Å². The van der Waals surface area contributed by atoms with Gasteiger partial charge in [0.2, 0.25) is 5.95 Å². The number of hydrogen-bond donors (Lipinski definition) is 0. The van der Waals surface area contributed by atoms with E-state index in [1.165, 1.54) is 0 Å². The van der Waals surface area contributed by atoms with E-state index in [0.717, 1.165) is 16.9 Å². The number of hydrogen-bond acceptors (Lipinski definition) is 6. The fourth-order valence-electron chi connectivity index (χ4n) is 3.92. The summed E-state index contributed by atoms with van der Waals surface area (Å²) < 4.78 is 13.7. The highest BCUT2D eigenvalue weighted by Crippen LogP contribution is 2.39. The summed E-state index contributed by atoms with van der Waals surface area (Å²) in [4.78, 5) is 23.7. The maximum Gasteiger partial charge on any atom is 0.255 e. The van der Waals surface area contributed by atoms with E-state index >= 15 is 0 Å². The molecule has 2 aliphatic rings. The lowest BCUT2D eigenvalue weighted by Gasteiger charge is -2.44. The molecular weight excluding hydrogens is 356 g/mol. The van der Waals surface area contributed by atoms with Crippen LogP contribution in [0.2, 0.25) is 0 Å². The fraction of sp³-hybridized carbons (Fsp3) is 0.286. The molecule has 4 heterocycles. The molecule has 2 aromatic heterocycles.